The van der Waals surface area contributed by atoms with Crippen molar-refractivity contribution in [3.8, 4) is 0 Å². The molecule has 3 heteroatoms. The predicted molar refractivity (Wildman–Crippen MR) is 57.1 cm³/mol. The van der Waals surface area contributed by atoms with Crippen molar-refractivity contribution in [3.05, 3.63) is 0 Å². The lowest BCUT2D eigenvalue weighted by molar-refractivity contribution is -0.121. The largest absolute Gasteiger partial charge is 0.290 e. The van der Waals surface area contributed by atoms with E-state index in [4.69, 9.17) is 11.6 Å². The van der Waals surface area contributed by atoms with Crippen LogP contribution in [0.3, 0.4) is 0 Å². The molecule has 0 rings (SSSR count). The van der Waals surface area contributed by atoms with Crippen LogP contribution < -0.4 is 0 Å². The number of carbonyl (C=O) groups is 1. The second-order valence-electron chi connectivity index (χ2n) is 3.82. The van der Waals surface area contributed by atoms with Crippen LogP contribution in [0, 0.1) is 0 Å². The number of hydrogen-bond donors (Lipinski definition) is 0. The van der Waals surface area contributed by atoms with E-state index in [-0.39, 0.29) is 5.24 Å². The second kappa shape index (κ2) is 5.61. The van der Waals surface area contributed by atoms with Crippen LogP contribution in [-0.4, -0.2) is 28.8 Å². The molecular weight excluding hydrogens is 186 g/mol. The van der Waals surface area contributed by atoms with Gasteiger partial charge in [0, 0.05) is 0 Å². The molecule has 0 spiro atoms. The van der Waals surface area contributed by atoms with Crippen molar-refractivity contribution in [2.75, 3.05) is 13.1 Å². The summed E-state index contributed by atoms with van der Waals surface area (Å²) in [6.07, 6.45) is 2.10. The van der Waals surface area contributed by atoms with Crippen LogP contribution in [0.4, 0.5) is 0 Å². The summed E-state index contributed by atoms with van der Waals surface area (Å²) in [6, 6.07) is 0. The smallest absolute Gasteiger partial charge is 0.241 e. The summed E-state index contributed by atoms with van der Waals surface area (Å²) < 4.78 is 0. The third-order valence-electron chi connectivity index (χ3n) is 2.26. The van der Waals surface area contributed by atoms with Gasteiger partial charge in [0.25, 0.3) is 0 Å². The Bertz CT molecular complexity index is 162. The fraction of sp³-hybridized carbons (Fsp3) is 0.900. The zero-order valence-electron chi connectivity index (χ0n) is 9.06. The minimum atomic E-state index is -0.520. The van der Waals surface area contributed by atoms with E-state index >= 15 is 0 Å². The standard InChI is InChI=1S/C10H20ClNO/c1-5-7-12(8-6-2)10(3,4)9(11)13/h5-8H2,1-4H3. The molecular formula is C10H20ClNO. The molecule has 0 bridgehead atoms. The lowest BCUT2D eigenvalue weighted by atomic mass is 10.0. The van der Waals surface area contributed by atoms with Gasteiger partial charge in [-0.15, -0.1) is 0 Å². The van der Waals surface area contributed by atoms with E-state index < -0.39 is 5.54 Å². The van der Waals surface area contributed by atoms with Gasteiger partial charge in [-0.3, -0.25) is 9.69 Å². The summed E-state index contributed by atoms with van der Waals surface area (Å²) in [7, 11) is 0. The highest BCUT2D eigenvalue weighted by Gasteiger charge is 2.31. The van der Waals surface area contributed by atoms with E-state index in [1.807, 2.05) is 13.8 Å². The molecule has 0 saturated carbocycles. The molecule has 0 amide bonds. The first-order valence-electron chi connectivity index (χ1n) is 4.91. The molecule has 0 aliphatic heterocycles. The molecule has 0 unspecified atom stereocenters. The van der Waals surface area contributed by atoms with E-state index in [0.29, 0.717) is 0 Å². The van der Waals surface area contributed by atoms with Crippen LogP contribution in [0.5, 0.6) is 0 Å². The van der Waals surface area contributed by atoms with Gasteiger partial charge in [0.2, 0.25) is 5.24 Å². The predicted octanol–water partition coefficient (Wildman–Crippen LogP) is 2.65. The van der Waals surface area contributed by atoms with Gasteiger partial charge in [0.15, 0.2) is 0 Å². The minimum absolute atomic E-state index is 0.269. The van der Waals surface area contributed by atoms with E-state index in [2.05, 4.69) is 18.7 Å². The Morgan fingerprint density at radius 3 is 1.85 bits per heavy atom. The monoisotopic (exact) mass is 205 g/mol. The lowest BCUT2D eigenvalue weighted by Gasteiger charge is -2.35. The Hall–Kier alpha value is -0.0800. The first-order valence-corrected chi connectivity index (χ1v) is 5.29. The molecule has 0 aliphatic rings. The fourth-order valence-electron chi connectivity index (χ4n) is 1.33. The van der Waals surface area contributed by atoms with Gasteiger partial charge in [-0.2, -0.15) is 0 Å². The van der Waals surface area contributed by atoms with Crippen LogP contribution in [0.2, 0.25) is 0 Å². The van der Waals surface area contributed by atoms with Crippen molar-refractivity contribution in [3.63, 3.8) is 0 Å². The van der Waals surface area contributed by atoms with Crippen LogP contribution in [0.1, 0.15) is 40.5 Å². The molecule has 0 atom stereocenters. The van der Waals surface area contributed by atoms with Crippen molar-refractivity contribution in [2.24, 2.45) is 0 Å². The van der Waals surface area contributed by atoms with E-state index in [1.165, 1.54) is 0 Å². The Kier molecular flexibility index (Phi) is 5.57. The average Bonchev–Trinajstić information content (AvgIpc) is 2.03. The Morgan fingerprint density at radius 2 is 1.62 bits per heavy atom. The molecule has 13 heavy (non-hydrogen) atoms. The number of nitrogens with zero attached hydrogens (tertiary/aromatic N) is 1. The summed E-state index contributed by atoms with van der Waals surface area (Å²) in [5, 5.41) is -0.269. The Labute approximate surface area is 86.2 Å². The van der Waals surface area contributed by atoms with Gasteiger partial charge in [-0.1, -0.05) is 13.8 Å². The molecule has 0 heterocycles. The van der Waals surface area contributed by atoms with Gasteiger partial charge in [-0.25, -0.2) is 0 Å². The highest BCUT2D eigenvalue weighted by Crippen LogP contribution is 2.18. The van der Waals surface area contributed by atoms with Crippen molar-refractivity contribution in [1.82, 2.24) is 4.90 Å². The summed E-state index contributed by atoms with van der Waals surface area (Å²) in [4.78, 5) is 13.3. The van der Waals surface area contributed by atoms with Crippen LogP contribution >= 0.6 is 11.6 Å². The van der Waals surface area contributed by atoms with E-state index in [0.717, 1.165) is 25.9 Å². The topological polar surface area (TPSA) is 20.3 Å². The van der Waals surface area contributed by atoms with E-state index in [9.17, 15) is 4.79 Å². The lowest BCUT2D eigenvalue weighted by Crippen LogP contribution is -2.49. The zero-order chi connectivity index (χ0) is 10.5. The Morgan fingerprint density at radius 1 is 1.23 bits per heavy atom. The van der Waals surface area contributed by atoms with Gasteiger partial charge < -0.3 is 0 Å². The number of carbonyl (C=O) groups excluding carboxylic acids is 1. The highest BCUT2D eigenvalue weighted by atomic mass is 35.5. The molecule has 0 aromatic heterocycles. The van der Waals surface area contributed by atoms with Gasteiger partial charge in [0.1, 0.15) is 0 Å². The first kappa shape index (κ1) is 12.9. The highest BCUT2D eigenvalue weighted by molar-refractivity contribution is 6.65. The SMILES string of the molecule is CCCN(CCC)C(C)(C)C(=O)Cl. The average molecular weight is 206 g/mol. The van der Waals surface area contributed by atoms with Crippen LogP contribution in [-0.2, 0) is 4.79 Å². The molecule has 0 aromatic carbocycles. The molecule has 0 N–H and O–H groups in total. The fourth-order valence-corrected chi connectivity index (χ4v) is 1.45. The van der Waals surface area contributed by atoms with Gasteiger partial charge in [-0.05, 0) is 51.4 Å². The van der Waals surface area contributed by atoms with Crippen LogP contribution in [0.25, 0.3) is 0 Å². The van der Waals surface area contributed by atoms with Gasteiger partial charge in [0.05, 0.1) is 5.54 Å². The maximum absolute atomic E-state index is 11.2. The Balaban J connectivity index is 4.41. The second-order valence-corrected chi connectivity index (χ2v) is 4.16. The summed E-state index contributed by atoms with van der Waals surface area (Å²) in [6.45, 7) is 9.84. The van der Waals surface area contributed by atoms with Crippen molar-refractivity contribution in [2.45, 2.75) is 46.1 Å². The molecule has 0 aliphatic carbocycles. The summed E-state index contributed by atoms with van der Waals surface area (Å²) in [5.74, 6) is 0. The number of halogens is 1. The third-order valence-corrected chi connectivity index (χ3v) is 2.72. The molecule has 2 nitrogen and oxygen atoms in total. The number of hydrogen-bond acceptors (Lipinski definition) is 2. The first-order chi connectivity index (χ1) is 5.96. The third kappa shape index (κ3) is 3.65. The molecule has 0 fully saturated rings. The maximum atomic E-state index is 11.2. The molecule has 0 saturated heterocycles. The summed E-state index contributed by atoms with van der Waals surface area (Å²) in [5.41, 5.74) is -0.520. The van der Waals surface area contributed by atoms with Crippen molar-refractivity contribution in [1.29, 1.82) is 0 Å². The van der Waals surface area contributed by atoms with Crippen molar-refractivity contribution >= 4 is 16.8 Å². The molecule has 0 aromatic rings. The minimum Gasteiger partial charge on any atom is -0.290 e. The van der Waals surface area contributed by atoms with E-state index in [1.54, 1.807) is 0 Å². The zero-order valence-corrected chi connectivity index (χ0v) is 9.82. The maximum Gasteiger partial charge on any atom is 0.241 e. The molecule has 78 valence electrons. The number of rotatable bonds is 6. The van der Waals surface area contributed by atoms with Crippen molar-refractivity contribution < 1.29 is 4.79 Å². The normalized spacial score (nSPS) is 12.2. The quantitative estimate of drug-likeness (QED) is 0.622. The molecule has 0 radical (unpaired) electrons. The summed E-state index contributed by atoms with van der Waals surface area (Å²) >= 11 is 5.56. The van der Waals surface area contributed by atoms with Crippen LogP contribution in [0.15, 0.2) is 0 Å². The van der Waals surface area contributed by atoms with Gasteiger partial charge >= 0.3 is 0 Å².